The van der Waals surface area contributed by atoms with Crippen LogP contribution in [-0.2, 0) is 19.5 Å². The number of ether oxygens (including phenoxy) is 1. The predicted molar refractivity (Wildman–Crippen MR) is 124 cm³/mol. The van der Waals surface area contributed by atoms with Gasteiger partial charge in [-0.15, -0.1) is 0 Å². The van der Waals surface area contributed by atoms with Gasteiger partial charge in [0.15, 0.2) is 28.1 Å². The fourth-order valence-electron chi connectivity index (χ4n) is 3.72. The molecule has 34 heavy (non-hydrogen) atoms. The number of aryl methyl sites for hydroxylation is 2. The number of pyridine rings is 1. The van der Waals surface area contributed by atoms with Gasteiger partial charge in [-0.1, -0.05) is 23.2 Å². The summed E-state index contributed by atoms with van der Waals surface area (Å²) in [6.07, 6.45) is 5.49. The molecule has 0 aliphatic carbocycles. The van der Waals surface area contributed by atoms with Crippen molar-refractivity contribution in [3.63, 3.8) is 0 Å². The molecule has 14 heteroatoms. The van der Waals surface area contributed by atoms with Crippen LogP contribution in [0.25, 0.3) is 11.2 Å². The first-order valence-electron chi connectivity index (χ1n) is 10.1. The van der Waals surface area contributed by atoms with Gasteiger partial charge in [0.1, 0.15) is 21.9 Å². The highest BCUT2D eigenvalue weighted by molar-refractivity contribution is 6.69. The van der Waals surface area contributed by atoms with Crippen LogP contribution < -0.4 is 15.4 Å². The summed E-state index contributed by atoms with van der Waals surface area (Å²) in [7, 11) is 1.69. The minimum Gasteiger partial charge on any atom is -0.450 e. The quantitative estimate of drug-likeness (QED) is 0.348. The molecule has 10 nitrogen and oxygen atoms in total. The highest BCUT2D eigenvalue weighted by Gasteiger charge is 2.38. The van der Waals surface area contributed by atoms with E-state index in [0.29, 0.717) is 35.8 Å². The summed E-state index contributed by atoms with van der Waals surface area (Å²) >= 11 is 12.7. The van der Waals surface area contributed by atoms with E-state index >= 15 is 0 Å². The Bertz CT molecular complexity index is 1410. The van der Waals surface area contributed by atoms with Crippen molar-refractivity contribution in [1.82, 2.24) is 29.6 Å². The minimum atomic E-state index is -2.92. The van der Waals surface area contributed by atoms with Crippen LogP contribution in [0.2, 0.25) is 5.02 Å². The summed E-state index contributed by atoms with van der Waals surface area (Å²) in [4.78, 5) is 12.6. The average molecular weight is 508 g/mol. The van der Waals surface area contributed by atoms with Crippen LogP contribution in [0.1, 0.15) is 18.5 Å². The molecule has 0 fully saturated rings. The van der Waals surface area contributed by atoms with Crippen LogP contribution >= 0.6 is 23.2 Å². The molecule has 0 saturated heterocycles. The maximum absolute atomic E-state index is 14.2. The number of imidazole rings is 1. The standard InChI is InChI=1S/C20H17Cl2F2N9O/c1-32-16-14(21)11(34-10(8-25)15-17(22)27-5-4-26-15)9-28-18(16)30-19(32)29-13-7-12-20(23,24)3-2-6-33(12)31-13/h4-5,7-9,25-26H,2-3,6H2,1H3,(H,28,29,30,31)/b15-10+,25-8?. The van der Waals surface area contributed by atoms with Crippen LogP contribution in [0.3, 0.4) is 0 Å². The van der Waals surface area contributed by atoms with Crippen molar-refractivity contribution in [2.75, 3.05) is 5.32 Å². The molecule has 0 atom stereocenters. The Hall–Kier alpha value is -3.51. The van der Waals surface area contributed by atoms with Gasteiger partial charge in [-0.2, -0.15) is 18.9 Å². The van der Waals surface area contributed by atoms with E-state index in [1.165, 1.54) is 23.1 Å². The molecule has 2 aliphatic heterocycles. The molecule has 3 aromatic rings. The fraction of sp³-hybridized carbons (Fsp3) is 0.250. The third-order valence-corrected chi connectivity index (χ3v) is 6.01. The zero-order chi connectivity index (χ0) is 24.0. The summed E-state index contributed by atoms with van der Waals surface area (Å²) < 4.78 is 37.1. The summed E-state index contributed by atoms with van der Waals surface area (Å²) in [6, 6.07) is 1.32. The Labute approximate surface area is 201 Å². The lowest BCUT2D eigenvalue weighted by Gasteiger charge is -2.22. The molecule has 0 amide bonds. The third kappa shape index (κ3) is 3.78. The fourth-order valence-corrected chi connectivity index (χ4v) is 4.23. The van der Waals surface area contributed by atoms with E-state index in [2.05, 4.69) is 30.7 Å². The predicted octanol–water partition coefficient (Wildman–Crippen LogP) is 4.40. The molecule has 0 aromatic carbocycles. The van der Waals surface area contributed by atoms with Gasteiger partial charge < -0.3 is 25.3 Å². The van der Waals surface area contributed by atoms with Crippen molar-refractivity contribution in [3.05, 3.63) is 46.8 Å². The number of nitrogens with one attached hydrogen (secondary N) is 3. The number of hydrogen-bond donors (Lipinski definition) is 3. The van der Waals surface area contributed by atoms with Crippen molar-refractivity contribution >= 4 is 57.5 Å². The van der Waals surface area contributed by atoms with Gasteiger partial charge in [0.25, 0.3) is 5.92 Å². The zero-order valence-electron chi connectivity index (χ0n) is 17.6. The summed E-state index contributed by atoms with van der Waals surface area (Å²) in [5.74, 6) is -2.14. The lowest BCUT2D eigenvalue weighted by atomic mass is 10.1. The molecular weight excluding hydrogens is 491 g/mol. The maximum atomic E-state index is 14.2. The Morgan fingerprint density at radius 3 is 2.94 bits per heavy atom. The van der Waals surface area contributed by atoms with E-state index in [0.717, 1.165) is 6.21 Å². The summed E-state index contributed by atoms with van der Waals surface area (Å²) in [5, 5.41) is 18.1. The second-order valence-corrected chi connectivity index (χ2v) is 8.28. The number of alkyl halides is 2. The van der Waals surface area contributed by atoms with E-state index in [-0.39, 0.29) is 39.6 Å². The topological polar surface area (TPSA) is 118 Å². The largest absolute Gasteiger partial charge is 0.450 e. The van der Waals surface area contributed by atoms with Crippen molar-refractivity contribution in [3.8, 4) is 5.75 Å². The number of aliphatic imine (C=N–C) groups is 1. The molecule has 0 radical (unpaired) electrons. The molecule has 3 N–H and O–H groups in total. The second-order valence-electron chi connectivity index (χ2n) is 7.54. The van der Waals surface area contributed by atoms with Gasteiger partial charge in [0.2, 0.25) is 5.95 Å². The molecule has 176 valence electrons. The molecule has 0 spiro atoms. The number of rotatable bonds is 5. The van der Waals surface area contributed by atoms with E-state index < -0.39 is 5.92 Å². The number of hydrogen-bond acceptors (Lipinski definition) is 8. The smallest absolute Gasteiger partial charge is 0.289 e. The number of nitrogens with zero attached hydrogens (tertiary/aromatic N) is 6. The van der Waals surface area contributed by atoms with Crippen molar-refractivity contribution in [2.45, 2.75) is 25.3 Å². The summed E-state index contributed by atoms with van der Waals surface area (Å²) in [6.45, 7) is 0.424. The van der Waals surface area contributed by atoms with E-state index in [4.69, 9.17) is 33.3 Å². The van der Waals surface area contributed by atoms with Gasteiger partial charge >= 0.3 is 0 Å². The first-order valence-corrected chi connectivity index (χ1v) is 10.9. The Balaban J connectivity index is 1.48. The van der Waals surface area contributed by atoms with Gasteiger partial charge in [-0.25, -0.2) is 9.98 Å². The minimum absolute atomic E-state index is 0.0752. The lowest BCUT2D eigenvalue weighted by Crippen LogP contribution is -2.25. The normalized spacial score (nSPS) is 18.2. The second kappa shape index (κ2) is 8.37. The molecule has 2 aliphatic rings. The van der Waals surface area contributed by atoms with Crippen LogP contribution in [-0.4, -0.2) is 35.7 Å². The van der Waals surface area contributed by atoms with Gasteiger partial charge in [0, 0.05) is 38.5 Å². The maximum Gasteiger partial charge on any atom is 0.289 e. The lowest BCUT2D eigenvalue weighted by molar-refractivity contribution is -0.0364. The monoisotopic (exact) mass is 507 g/mol. The Morgan fingerprint density at radius 1 is 1.38 bits per heavy atom. The molecule has 0 bridgehead atoms. The molecule has 5 rings (SSSR count). The average Bonchev–Trinajstić information content (AvgIpc) is 3.36. The van der Waals surface area contributed by atoms with E-state index in [1.54, 1.807) is 17.8 Å². The van der Waals surface area contributed by atoms with Crippen LogP contribution in [0, 0.1) is 5.41 Å². The Kier molecular flexibility index (Phi) is 5.48. The van der Waals surface area contributed by atoms with E-state index in [9.17, 15) is 8.78 Å². The molecule has 0 unspecified atom stereocenters. The summed E-state index contributed by atoms with van der Waals surface area (Å²) in [5.41, 5.74) is 0.899. The van der Waals surface area contributed by atoms with Gasteiger partial charge in [0.05, 0.1) is 12.4 Å². The molecule has 3 aromatic heterocycles. The van der Waals surface area contributed by atoms with Crippen molar-refractivity contribution in [2.24, 2.45) is 12.0 Å². The molecule has 0 saturated carbocycles. The highest BCUT2D eigenvalue weighted by Crippen LogP contribution is 2.39. The van der Waals surface area contributed by atoms with Gasteiger partial charge in [-0.05, 0) is 6.42 Å². The van der Waals surface area contributed by atoms with E-state index in [1.807, 2.05) is 0 Å². The first-order chi connectivity index (χ1) is 16.3. The number of allylic oxidation sites excluding steroid dienone is 2. The highest BCUT2D eigenvalue weighted by atomic mass is 35.5. The van der Waals surface area contributed by atoms with Gasteiger partial charge in [-0.3, -0.25) is 4.68 Å². The number of aromatic nitrogens is 5. The number of anilines is 2. The molecular formula is C20H17Cl2F2N9O. The number of halogens is 4. The first kappa shape index (κ1) is 22.3. The van der Waals surface area contributed by atoms with Crippen LogP contribution in [0.15, 0.2) is 41.1 Å². The Morgan fingerprint density at radius 2 is 2.21 bits per heavy atom. The number of fused-ring (bicyclic) bond motifs is 2. The molecule has 5 heterocycles. The van der Waals surface area contributed by atoms with Crippen LogP contribution in [0.5, 0.6) is 5.75 Å². The van der Waals surface area contributed by atoms with Crippen LogP contribution in [0.4, 0.5) is 20.5 Å². The SMILES string of the molecule is Cn1c(Nc2cc3n(n2)CCCC3(F)F)nc2ncc(O/C(C=N)=C3/NC=CN=C3Cl)c(Cl)c21. The zero-order valence-corrected chi connectivity index (χ0v) is 19.1. The van der Waals surface area contributed by atoms with Crippen molar-refractivity contribution in [1.29, 1.82) is 5.41 Å². The van der Waals surface area contributed by atoms with Crippen molar-refractivity contribution < 1.29 is 13.5 Å². The third-order valence-electron chi connectivity index (χ3n) is 5.35.